The van der Waals surface area contributed by atoms with E-state index in [2.05, 4.69) is 4.72 Å². The van der Waals surface area contributed by atoms with Crippen molar-refractivity contribution < 1.29 is 18.3 Å². The second-order valence-electron chi connectivity index (χ2n) is 5.24. The lowest BCUT2D eigenvalue weighted by Gasteiger charge is -2.22. The lowest BCUT2D eigenvalue weighted by molar-refractivity contribution is -0.136. The summed E-state index contributed by atoms with van der Waals surface area (Å²) in [6.45, 7) is 5.15. The molecule has 6 heteroatoms. The molecule has 0 heterocycles. The number of rotatable bonds is 7. The standard InChI is InChI=1S/C14H21NO4S/c1-10(2)9-13(12-7-5-4-6-8-12)15-20(18,19)11(3)14(16)17/h4-8,10-11,13,15H,9H2,1-3H3,(H,16,17). The highest BCUT2D eigenvalue weighted by Crippen LogP contribution is 2.22. The smallest absolute Gasteiger partial charge is 0.323 e. The fourth-order valence-corrected chi connectivity index (χ4v) is 2.94. The topological polar surface area (TPSA) is 83.5 Å². The molecule has 1 aromatic rings. The zero-order valence-corrected chi connectivity index (χ0v) is 12.7. The Bertz CT molecular complexity index is 540. The van der Waals surface area contributed by atoms with E-state index in [1.807, 2.05) is 44.2 Å². The van der Waals surface area contributed by atoms with Crippen molar-refractivity contribution in [2.75, 3.05) is 0 Å². The summed E-state index contributed by atoms with van der Waals surface area (Å²) < 4.78 is 26.6. The Morgan fingerprint density at radius 1 is 1.20 bits per heavy atom. The highest BCUT2D eigenvalue weighted by atomic mass is 32.2. The molecule has 1 rings (SSSR count). The molecule has 0 bridgehead atoms. The van der Waals surface area contributed by atoms with E-state index in [0.29, 0.717) is 6.42 Å². The van der Waals surface area contributed by atoms with Crippen molar-refractivity contribution in [2.24, 2.45) is 5.92 Å². The van der Waals surface area contributed by atoms with Gasteiger partial charge >= 0.3 is 5.97 Å². The molecule has 20 heavy (non-hydrogen) atoms. The number of benzene rings is 1. The lowest BCUT2D eigenvalue weighted by atomic mass is 9.98. The molecule has 112 valence electrons. The number of carbonyl (C=O) groups is 1. The van der Waals surface area contributed by atoms with E-state index in [1.165, 1.54) is 6.92 Å². The van der Waals surface area contributed by atoms with Crippen LogP contribution < -0.4 is 4.72 Å². The van der Waals surface area contributed by atoms with Crippen molar-refractivity contribution in [3.05, 3.63) is 35.9 Å². The molecule has 0 amide bonds. The van der Waals surface area contributed by atoms with Gasteiger partial charge in [0.1, 0.15) is 0 Å². The molecule has 0 aliphatic carbocycles. The first-order chi connectivity index (χ1) is 9.24. The molecule has 5 nitrogen and oxygen atoms in total. The Balaban J connectivity index is 3.00. The minimum Gasteiger partial charge on any atom is -0.480 e. The molecular weight excluding hydrogens is 278 g/mol. The third-order valence-electron chi connectivity index (χ3n) is 3.03. The zero-order chi connectivity index (χ0) is 15.3. The molecule has 0 radical (unpaired) electrons. The van der Waals surface area contributed by atoms with Crippen LogP contribution in [0.1, 0.15) is 38.8 Å². The number of hydrogen-bond donors (Lipinski definition) is 2. The van der Waals surface area contributed by atoms with Crippen LogP contribution in [0.2, 0.25) is 0 Å². The van der Waals surface area contributed by atoms with Crippen LogP contribution in [-0.4, -0.2) is 24.7 Å². The van der Waals surface area contributed by atoms with Gasteiger partial charge < -0.3 is 5.11 Å². The van der Waals surface area contributed by atoms with Gasteiger partial charge in [0.15, 0.2) is 5.25 Å². The van der Waals surface area contributed by atoms with Gasteiger partial charge in [0.05, 0.1) is 0 Å². The summed E-state index contributed by atoms with van der Waals surface area (Å²) in [4.78, 5) is 10.9. The quantitative estimate of drug-likeness (QED) is 0.808. The summed E-state index contributed by atoms with van der Waals surface area (Å²) in [6.07, 6.45) is 0.607. The van der Waals surface area contributed by atoms with Crippen molar-refractivity contribution in [3.8, 4) is 0 Å². The van der Waals surface area contributed by atoms with E-state index < -0.39 is 27.3 Å². The third kappa shape index (κ3) is 4.61. The summed E-state index contributed by atoms with van der Waals surface area (Å²) in [5, 5.41) is 7.39. The van der Waals surface area contributed by atoms with E-state index in [1.54, 1.807) is 0 Å². The van der Waals surface area contributed by atoms with Crippen LogP contribution in [0.15, 0.2) is 30.3 Å². The molecule has 0 fully saturated rings. The first-order valence-electron chi connectivity index (χ1n) is 6.53. The van der Waals surface area contributed by atoms with Gasteiger partial charge in [-0.2, -0.15) is 0 Å². The fourth-order valence-electron chi connectivity index (χ4n) is 1.84. The Kier molecular flexibility index (Phi) is 5.71. The highest BCUT2D eigenvalue weighted by molar-refractivity contribution is 7.90. The van der Waals surface area contributed by atoms with Crippen LogP contribution in [0.4, 0.5) is 0 Å². The SMILES string of the molecule is CC(C)CC(NS(=O)(=O)C(C)C(=O)O)c1ccccc1. The summed E-state index contributed by atoms with van der Waals surface area (Å²) in [7, 11) is -3.90. The summed E-state index contributed by atoms with van der Waals surface area (Å²) in [6, 6.07) is 8.77. The van der Waals surface area contributed by atoms with Crippen LogP contribution in [0.25, 0.3) is 0 Å². The third-order valence-corrected chi connectivity index (χ3v) is 4.77. The van der Waals surface area contributed by atoms with Gasteiger partial charge in [-0.1, -0.05) is 44.2 Å². The average Bonchev–Trinajstić information content (AvgIpc) is 2.37. The number of carboxylic acids is 1. The van der Waals surface area contributed by atoms with Crippen LogP contribution in [0.3, 0.4) is 0 Å². The van der Waals surface area contributed by atoms with Crippen LogP contribution >= 0.6 is 0 Å². The number of nitrogens with one attached hydrogen (secondary N) is 1. The maximum absolute atomic E-state index is 12.0. The van der Waals surface area contributed by atoms with E-state index in [4.69, 9.17) is 5.11 Å². The highest BCUT2D eigenvalue weighted by Gasteiger charge is 2.30. The first-order valence-corrected chi connectivity index (χ1v) is 8.07. The van der Waals surface area contributed by atoms with E-state index >= 15 is 0 Å². The second-order valence-corrected chi connectivity index (χ2v) is 7.27. The van der Waals surface area contributed by atoms with Crippen molar-refractivity contribution in [1.29, 1.82) is 0 Å². The van der Waals surface area contributed by atoms with Crippen molar-refractivity contribution in [1.82, 2.24) is 4.72 Å². The fraction of sp³-hybridized carbons (Fsp3) is 0.500. The van der Waals surface area contributed by atoms with E-state index in [0.717, 1.165) is 5.56 Å². The largest absolute Gasteiger partial charge is 0.480 e. The van der Waals surface area contributed by atoms with Crippen molar-refractivity contribution in [2.45, 2.75) is 38.5 Å². The molecular formula is C14H21NO4S. The Morgan fingerprint density at radius 3 is 2.20 bits per heavy atom. The summed E-state index contributed by atoms with van der Waals surface area (Å²) in [5.74, 6) is -1.07. The molecule has 2 N–H and O–H groups in total. The average molecular weight is 299 g/mol. The molecule has 0 saturated carbocycles. The lowest BCUT2D eigenvalue weighted by Crippen LogP contribution is -2.39. The Labute approximate surface area is 120 Å². The van der Waals surface area contributed by atoms with Crippen LogP contribution in [-0.2, 0) is 14.8 Å². The maximum atomic E-state index is 12.0. The normalized spacial score (nSPS) is 15.0. The molecule has 2 unspecified atom stereocenters. The minimum atomic E-state index is -3.90. The van der Waals surface area contributed by atoms with Crippen LogP contribution in [0.5, 0.6) is 0 Å². The molecule has 0 spiro atoms. The number of carboxylic acid groups (broad SMARTS) is 1. The summed E-state index contributed by atoms with van der Waals surface area (Å²) in [5.41, 5.74) is 0.836. The zero-order valence-electron chi connectivity index (χ0n) is 11.9. The molecule has 0 aliphatic rings. The van der Waals surface area contributed by atoms with Gasteiger partial charge in [0.25, 0.3) is 0 Å². The monoisotopic (exact) mass is 299 g/mol. The number of hydrogen-bond acceptors (Lipinski definition) is 3. The summed E-state index contributed by atoms with van der Waals surface area (Å²) >= 11 is 0. The van der Waals surface area contributed by atoms with Gasteiger partial charge in [-0.3, -0.25) is 4.79 Å². The molecule has 1 aromatic carbocycles. The van der Waals surface area contributed by atoms with Gasteiger partial charge in [0.2, 0.25) is 10.0 Å². The molecule has 0 saturated heterocycles. The second kappa shape index (κ2) is 6.85. The molecule has 0 aliphatic heterocycles. The van der Waals surface area contributed by atoms with Crippen molar-refractivity contribution >= 4 is 16.0 Å². The minimum absolute atomic E-state index is 0.281. The van der Waals surface area contributed by atoms with Gasteiger partial charge in [-0.15, -0.1) is 0 Å². The van der Waals surface area contributed by atoms with Crippen LogP contribution in [0, 0.1) is 5.92 Å². The predicted molar refractivity (Wildman–Crippen MR) is 77.8 cm³/mol. The Morgan fingerprint density at radius 2 is 1.75 bits per heavy atom. The van der Waals surface area contributed by atoms with Gasteiger partial charge in [0, 0.05) is 6.04 Å². The van der Waals surface area contributed by atoms with Gasteiger partial charge in [-0.25, -0.2) is 13.1 Å². The number of sulfonamides is 1. The maximum Gasteiger partial charge on any atom is 0.323 e. The molecule has 2 atom stereocenters. The number of aliphatic carboxylic acids is 1. The van der Waals surface area contributed by atoms with E-state index in [9.17, 15) is 13.2 Å². The van der Waals surface area contributed by atoms with Gasteiger partial charge in [-0.05, 0) is 24.8 Å². The predicted octanol–water partition coefficient (Wildman–Crippen LogP) is 2.17. The Hall–Kier alpha value is -1.40. The van der Waals surface area contributed by atoms with E-state index in [-0.39, 0.29) is 5.92 Å². The van der Waals surface area contributed by atoms with Crippen molar-refractivity contribution in [3.63, 3.8) is 0 Å². The molecule has 0 aromatic heterocycles. The first kappa shape index (κ1) is 16.7.